The Morgan fingerprint density at radius 1 is 0.861 bits per heavy atom. The monoisotopic (exact) mass is 483 g/mol. The van der Waals surface area contributed by atoms with Crippen molar-refractivity contribution in [1.29, 1.82) is 0 Å². The van der Waals surface area contributed by atoms with Crippen molar-refractivity contribution in [3.8, 4) is 11.5 Å². The zero-order chi connectivity index (χ0) is 25.5. The third-order valence-corrected chi connectivity index (χ3v) is 6.72. The lowest BCUT2D eigenvalue weighted by Crippen LogP contribution is -2.27. The van der Waals surface area contributed by atoms with E-state index in [1.54, 1.807) is 0 Å². The predicted molar refractivity (Wildman–Crippen MR) is 148 cm³/mol. The summed E-state index contributed by atoms with van der Waals surface area (Å²) in [5.41, 5.74) is 5.89. The van der Waals surface area contributed by atoms with Crippen molar-refractivity contribution >= 4 is 16.9 Å². The van der Waals surface area contributed by atoms with Crippen molar-refractivity contribution in [3.63, 3.8) is 0 Å². The van der Waals surface area contributed by atoms with E-state index in [9.17, 15) is 4.79 Å². The zero-order valence-corrected chi connectivity index (χ0v) is 21.9. The second-order valence-electron chi connectivity index (χ2n) is 9.43. The normalized spacial score (nSPS) is 13.2. The van der Waals surface area contributed by atoms with Gasteiger partial charge in [0.15, 0.2) is 5.78 Å². The zero-order valence-electron chi connectivity index (χ0n) is 21.9. The minimum Gasteiger partial charge on any atom is -0.492 e. The number of carbonyl (C=O) groups is 1. The molecule has 4 heteroatoms. The van der Waals surface area contributed by atoms with Gasteiger partial charge in [-0.1, -0.05) is 50.2 Å². The smallest absolute Gasteiger partial charge is 0.193 e. The number of fused-ring (bicyclic) bond motifs is 1. The first-order valence-electron chi connectivity index (χ1n) is 13.1. The van der Waals surface area contributed by atoms with Gasteiger partial charge < -0.3 is 14.4 Å². The second-order valence-corrected chi connectivity index (χ2v) is 9.43. The minimum atomic E-state index is 0.0503. The van der Waals surface area contributed by atoms with E-state index in [0.29, 0.717) is 12.2 Å². The molecule has 1 aliphatic rings. The molecule has 0 fully saturated rings. The molecule has 3 aromatic rings. The second kappa shape index (κ2) is 12.0. The number of hydrogen-bond donors (Lipinski definition) is 0. The number of ketones is 1. The Bertz CT molecular complexity index is 1190. The summed E-state index contributed by atoms with van der Waals surface area (Å²) in [6.45, 7) is 11.9. The number of aryl methyl sites for hydroxylation is 1. The standard InChI is InChI=1S/C32H37NO3/c1-5-33(6-2)21-22-35-27-16-13-26(14-17-27)32(34)31-29-10-8-7-9-24(29)15-20-30(31)25-11-18-28(19-12-25)36-23(3)4/h7-14,16-19,23H,5-6,15,20-22H2,1-4H3. The molecule has 0 spiro atoms. The van der Waals surface area contributed by atoms with Gasteiger partial charge in [0.1, 0.15) is 18.1 Å². The molecule has 0 N–H and O–H groups in total. The van der Waals surface area contributed by atoms with E-state index in [2.05, 4.69) is 43.0 Å². The van der Waals surface area contributed by atoms with Crippen molar-refractivity contribution in [2.24, 2.45) is 0 Å². The molecule has 188 valence electrons. The SMILES string of the molecule is CCN(CC)CCOc1ccc(C(=O)C2=C(c3ccc(OC(C)C)cc3)CCc3ccccc32)cc1. The number of benzene rings is 3. The van der Waals surface area contributed by atoms with Gasteiger partial charge in [-0.2, -0.15) is 0 Å². The molecule has 3 aromatic carbocycles. The Balaban J connectivity index is 1.61. The van der Waals surface area contributed by atoms with Crippen LogP contribution in [0.1, 0.15) is 61.2 Å². The maximum Gasteiger partial charge on any atom is 0.193 e. The average Bonchev–Trinajstić information content (AvgIpc) is 2.90. The van der Waals surface area contributed by atoms with E-state index in [1.165, 1.54) is 5.56 Å². The van der Waals surface area contributed by atoms with Crippen molar-refractivity contribution in [3.05, 3.63) is 95.1 Å². The van der Waals surface area contributed by atoms with Crippen molar-refractivity contribution in [2.45, 2.75) is 46.6 Å². The molecular weight excluding hydrogens is 446 g/mol. The van der Waals surface area contributed by atoms with Gasteiger partial charge in [-0.05, 0) is 98.4 Å². The van der Waals surface area contributed by atoms with Gasteiger partial charge in [-0.25, -0.2) is 0 Å². The fourth-order valence-corrected chi connectivity index (χ4v) is 4.76. The number of allylic oxidation sites excluding steroid dienone is 2. The van der Waals surface area contributed by atoms with Crippen LogP contribution in [0.3, 0.4) is 0 Å². The Hall–Kier alpha value is -3.37. The lowest BCUT2D eigenvalue weighted by atomic mass is 9.79. The predicted octanol–water partition coefficient (Wildman–Crippen LogP) is 6.93. The van der Waals surface area contributed by atoms with Gasteiger partial charge in [0, 0.05) is 17.7 Å². The molecule has 0 unspecified atom stereocenters. The highest BCUT2D eigenvalue weighted by atomic mass is 16.5. The van der Waals surface area contributed by atoms with Gasteiger partial charge >= 0.3 is 0 Å². The van der Waals surface area contributed by atoms with Gasteiger partial charge in [0.05, 0.1) is 6.10 Å². The Labute approximate surface area is 215 Å². The summed E-state index contributed by atoms with van der Waals surface area (Å²) in [5, 5.41) is 0. The number of Topliss-reactive ketones (excluding diaryl/α,β-unsaturated/α-hetero) is 1. The summed E-state index contributed by atoms with van der Waals surface area (Å²) in [4.78, 5) is 16.2. The van der Waals surface area contributed by atoms with Gasteiger partial charge in [-0.3, -0.25) is 4.79 Å². The highest BCUT2D eigenvalue weighted by Crippen LogP contribution is 2.39. The fraction of sp³-hybridized carbons (Fsp3) is 0.344. The maximum atomic E-state index is 13.9. The van der Waals surface area contributed by atoms with Crippen molar-refractivity contribution in [2.75, 3.05) is 26.2 Å². The molecule has 4 rings (SSSR count). The molecule has 0 atom stereocenters. The number of likely N-dealkylation sites (N-methyl/N-ethyl adjacent to an activating group) is 1. The molecule has 0 saturated carbocycles. The quantitative estimate of drug-likeness (QED) is 0.277. The first-order valence-corrected chi connectivity index (χ1v) is 13.1. The maximum absolute atomic E-state index is 13.9. The minimum absolute atomic E-state index is 0.0503. The van der Waals surface area contributed by atoms with Gasteiger partial charge in [-0.15, -0.1) is 0 Å². The molecular formula is C32H37NO3. The van der Waals surface area contributed by atoms with Crippen LogP contribution >= 0.6 is 0 Å². The van der Waals surface area contributed by atoms with Gasteiger partial charge in [0.25, 0.3) is 0 Å². The summed E-state index contributed by atoms with van der Waals surface area (Å²) >= 11 is 0. The molecule has 0 aliphatic heterocycles. The summed E-state index contributed by atoms with van der Waals surface area (Å²) in [6, 6.07) is 24.0. The van der Waals surface area contributed by atoms with Crippen LogP contribution in [0, 0.1) is 0 Å². The van der Waals surface area contributed by atoms with Crippen LogP contribution in [-0.2, 0) is 6.42 Å². The number of nitrogens with zero attached hydrogens (tertiary/aromatic N) is 1. The third kappa shape index (κ3) is 6.06. The Morgan fingerprint density at radius 3 is 2.19 bits per heavy atom. The van der Waals surface area contributed by atoms with E-state index < -0.39 is 0 Å². The van der Waals surface area contributed by atoms with E-state index in [-0.39, 0.29) is 11.9 Å². The summed E-state index contributed by atoms with van der Waals surface area (Å²) in [5.74, 6) is 1.68. The summed E-state index contributed by atoms with van der Waals surface area (Å²) in [7, 11) is 0. The summed E-state index contributed by atoms with van der Waals surface area (Å²) < 4.78 is 11.8. The van der Waals surface area contributed by atoms with E-state index in [4.69, 9.17) is 9.47 Å². The molecule has 0 heterocycles. The van der Waals surface area contributed by atoms with Crippen LogP contribution in [0.25, 0.3) is 11.1 Å². The van der Waals surface area contributed by atoms with Crippen LogP contribution in [-0.4, -0.2) is 43.0 Å². The molecule has 36 heavy (non-hydrogen) atoms. The first kappa shape index (κ1) is 25.7. The number of ether oxygens (including phenoxy) is 2. The highest BCUT2D eigenvalue weighted by molar-refractivity contribution is 6.35. The third-order valence-electron chi connectivity index (χ3n) is 6.72. The van der Waals surface area contributed by atoms with Crippen LogP contribution in [0.2, 0.25) is 0 Å². The molecule has 0 amide bonds. The highest BCUT2D eigenvalue weighted by Gasteiger charge is 2.26. The van der Waals surface area contributed by atoms with Crippen LogP contribution in [0.5, 0.6) is 11.5 Å². The summed E-state index contributed by atoms with van der Waals surface area (Å²) in [6.07, 6.45) is 1.87. The Morgan fingerprint density at radius 2 is 1.53 bits per heavy atom. The molecule has 4 nitrogen and oxygen atoms in total. The number of hydrogen-bond acceptors (Lipinski definition) is 4. The van der Waals surface area contributed by atoms with Gasteiger partial charge in [0.2, 0.25) is 0 Å². The van der Waals surface area contributed by atoms with Crippen molar-refractivity contribution < 1.29 is 14.3 Å². The fourth-order valence-electron chi connectivity index (χ4n) is 4.76. The molecule has 0 radical (unpaired) electrons. The average molecular weight is 484 g/mol. The van der Waals surface area contributed by atoms with E-state index >= 15 is 0 Å². The lowest BCUT2D eigenvalue weighted by molar-refractivity contribution is 0.105. The van der Waals surface area contributed by atoms with E-state index in [1.807, 2.05) is 62.4 Å². The number of carbonyl (C=O) groups excluding carboxylic acids is 1. The van der Waals surface area contributed by atoms with Crippen molar-refractivity contribution in [1.82, 2.24) is 4.90 Å². The molecule has 1 aliphatic carbocycles. The topological polar surface area (TPSA) is 38.8 Å². The van der Waals surface area contributed by atoms with E-state index in [0.717, 1.165) is 66.2 Å². The molecule has 0 bridgehead atoms. The molecule has 0 aromatic heterocycles. The number of rotatable bonds is 11. The van der Waals surface area contributed by atoms with Crippen LogP contribution in [0.4, 0.5) is 0 Å². The van der Waals surface area contributed by atoms with Crippen LogP contribution in [0.15, 0.2) is 72.8 Å². The molecule has 0 saturated heterocycles. The lowest BCUT2D eigenvalue weighted by Gasteiger charge is -2.23. The van der Waals surface area contributed by atoms with Crippen LogP contribution < -0.4 is 9.47 Å². The largest absolute Gasteiger partial charge is 0.492 e. The Kier molecular flexibility index (Phi) is 8.61. The first-order chi connectivity index (χ1) is 17.5.